The molecular weight excluding hydrogens is 236 g/mol. The molecule has 3 unspecified atom stereocenters. The summed E-state index contributed by atoms with van der Waals surface area (Å²) in [5.74, 6) is 1.23. The van der Waals surface area contributed by atoms with Crippen molar-refractivity contribution in [3.63, 3.8) is 0 Å². The predicted octanol–water partition coefficient (Wildman–Crippen LogP) is 0.765. The molecule has 17 heavy (non-hydrogen) atoms. The molecule has 0 aromatic carbocycles. The van der Waals surface area contributed by atoms with Crippen LogP contribution in [0.1, 0.15) is 26.2 Å². The van der Waals surface area contributed by atoms with Crippen molar-refractivity contribution in [2.24, 2.45) is 0 Å². The highest BCUT2D eigenvalue weighted by molar-refractivity contribution is 7.99. The average molecular weight is 258 g/mol. The summed E-state index contributed by atoms with van der Waals surface area (Å²) in [5, 5.41) is 7.03. The summed E-state index contributed by atoms with van der Waals surface area (Å²) in [5.41, 5.74) is 0. The Morgan fingerprint density at radius 1 is 1.53 bits per heavy atom. The van der Waals surface area contributed by atoms with E-state index in [0.29, 0.717) is 19.2 Å². The highest BCUT2D eigenvalue weighted by Crippen LogP contribution is 2.29. The topological polar surface area (TPSA) is 50.4 Å². The lowest BCUT2D eigenvalue weighted by Crippen LogP contribution is -2.49. The zero-order valence-corrected chi connectivity index (χ0v) is 11.2. The van der Waals surface area contributed by atoms with Crippen molar-refractivity contribution in [1.29, 1.82) is 0 Å². The number of thioether (sulfide) groups is 1. The number of ether oxygens (including phenoxy) is 1. The van der Waals surface area contributed by atoms with E-state index in [4.69, 9.17) is 4.74 Å². The molecule has 0 aromatic rings. The van der Waals surface area contributed by atoms with Crippen molar-refractivity contribution in [1.82, 2.24) is 10.6 Å². The van der Waals surface area contributed by atoms with E-state index in [1.54, 1.807) is 0 Å². The van der Waals surface area contributed by atoms with Crippen LogP contribution in [-0.4, -0.2) is 48.8 Å². The largest absolute Gasteiger partial charge is 0.366 e. The Hall–Kier alpha value is -0.260. The molecule has 1 aliphatic carbocycles. The summed E-state index contributed by atoms with van der Waals surface area (Å²) in [7, 11) is 0. The molecule has 1 heterocycles. The van der Waals surface area contributed by atoms with Crippen molar-refractivity contribution in [2.45, 2.75) is 43.6 Å². The Morgan fingerprint density at radius 3 is 3.12 bits per heavy atom. The molecule has 1 aliphatic heterocycles. The highest BCUT2D eigenvalue weighted by atomic mass is 32.2. The summed E-state index contributed by atoms with van der Waals surface area (Å²) in [6, 6.07) is 0.358. The molecule has 5 heteroatoms. The number of carbonyl (C=O) groups excluding carboxylic acids is 1. The first-order chi connectivity index (χ1) is 8.29. The van der Waals surface area contributed by atoms with E-state index in [-0.39, 0.29) is 12.0 Å². The third-order valence-electron chi connectivity index (χ3n) is 3.35. The number of carbonyl (C=O) groups is 1. The zero-order valence-electron chi connectivity index (χ0n) is 10.4. The van der Waals surface area contributed by atoms with Crippen LogP contribution < -0.4 is 10.6 Å². The molecule has 1 amide bonds. The maximum atomic E-state index is 11.9. The molecule has 98 valence electrons. The molecule has 0 aromatic heterocycles. The molecule has 0 bridgehead atoms. The highest BCUT2D eigenvalue weighted by Gasteiger charge is 2.29. The van der Waals surface area contributed by atoms with Gasteiger partial charge in [-0.25, -0.2) is 0 Å². The van der Waals surface area contributed by atoms with Crippen LogP contribution >= 0.6 is 11.8 Å². The van der Waals surface area contributed by atoms with Crippen molar-refractivity contribution in [2.75, 3.05) is 25.4 Å². The minimum Gasteiger partial charge on any atom is -0.366 e. The summed E-state index contributed by atoms with van der Waals surface area (Å²) in [4.78, 5) is 11.9. The number of nitrogens with one attached hydrogen (secondary N) is 2. The van der Waals surface area contributed by atoms with Crippen molar-refractivity contribution < 1.29 is 9.53 Å². The maximum absolute atomic E-state index is 11.9. The van der Waals surface area contributed by atoms with Gasteiger partial charge in [0, 0.05) is 24.4 Å². The Kier molecular flexibility index (Phi) is 5.13. The van der Waals surface area contributed by atoms with Gasteiger partial charge in [0.05, 0.1) is 6.61 Å². The Balaban J connectivity index is 1.71. The molecule has 2 rings (SSSR count). The second kappa shape index (κ2) is 6.61. The molecule has 4 nitrogen and oxygen atoms in total. The predicted molar refractivity (Wildman–Crippen MR) is 70.3 cm³/mol. The van der Waals surface area contributed by atoms with E-state index in [1.807, 2.05) is 11.8 Å². The van der Waals surface area contributed by atoms with Crippen LogP contribution in [0, 0.1) is 0 Å². The minimum atomic E-state index is -0.290. The van der Waals surface area contributed by atoms with Gasteiger partial charge >= 0.3 is 0 Å². The molecule has 0 radical (unpaired) electrons. The van der Waals surface area contributed by atoms with E-state index < -0.39 is 0 Å². The van der Waals surface area contributed by atoms with Gasteiger partial charge in [0.15, 0.2) is 0 Å². The third kappa shape index (κ3) is 3.86. The average Bonchev–Trinajstić information content (AvgIpc) is 2.78. The molecule has 2 N–H and O–H groups in total. The number of amides is 1. The number of hydrogen-bond acceptors (Lipinski definition) is 4. The van der Waals surface area contributed by atoms with Gasteiger partial charge in [-0.15, -0.1) is 0 Å². The van der Waals surface area contributed by atoms with Gasteiger partial charge in [0.2, 0.25) is 0 Å². The summed E-state index contributed by atoms with van der Waals surface area (Å²) >= 11 is 2.01. The zero-order chi connectivity index (χ0) is 12.1. The molecule has 3 atom stereocenters. The normalized spacial score (nSPS) is 33.6. The molecular formula is C12H22N2O2S. The third-order valence-corrected chi connectivity index (χ3v) is 4.59. The Labute approximate surface area is 107 Å². The van der Waals surface area contributed by atoms with Crippen LogP contribution in [0.25, 0.3) is 0 Å². The lowest BCUT2D eigenvalue weighted by molar-refractivity contribution is -0.134. The van der Waals surface area contributed by atoms with Crippen molar-refractivity contribution in [3.8, 4) is 0 Å². The molecule has 1 saturated heterocycles. The Morgan fingerprint density at radius 2 is 2.41 bits per heavy atom. The van der Waals surface area contributed by atoms with Gasteiger partial charge in [-0.3, -0.25) is 4.79 Å². The quantitative estimate of drug-likeness (QED) is 0.782. The monoisotopic (exact) mass is 258 g/mol. The van der Waals surface area contributed by atoms with Crippen LogP contribution in [-0.2, 0) is 9.53 Å². The second-order valence-corrected chi connectivity index (χ2v) is 6.24. The maximum Gasteiger partial charge on any atom is 0.250 e. The van der Waals surface area contributed by atoms with Gasteiger partial charge in [0.25, 0.3) is 5.91 Å². The number of morpholine rings is 1. The Bertz CT molecular complexity index is 257. The molecule has 2 aliphatic rings. The SMILES string of the molecule is CCSC1CCC(NC(=O)C2CNCCO2)C1. The summed E-state index contributed by atoms with van der Waals surface area (Å²) in [6.45, 7) is 4.32. The van der Waals surface area contributed by atoms with Crippen LogP contribution in [0.15, 0.2) is 0 Å². The first-order valence-electron chi connectivity index (χ1n) is 6.54. The molecule has 1 saturated carbocycles. The van der Waals surface area contributed by atoms with Gasteiger partial charge < -0.3 is 15.4 Å². The smallest absolute Gasteiger partial charge is 0.250 e. The lowest BCUT2D eigenvalue weighted by atomic mass is 10.2. The first-order valence-corrected chi connectivity index (χ1v) is 7.58. The second-order valence-electron chi connectivity index (χ2n) is 4.66. The van der Waals surface area contributed by atoms with Gasteiger partial charge in [0.1, 0.15) is 6.10 Å². The van der Waals surface area contributed by atoms with Crippen molar-refractivity contribution in [3.05, 3.63) is 0 Å². The van der Waals surface area contributed by atoms with Crippen LogP contribution in [0.5, 0.6) is 0 Å². The standard InChI is InChI=1S/C12H22N2O2S/c1-2-17-10-4-3-9(7-10)14-12(15)11-8-13-5-6-16-11/h9-11,13H,2-8H2,1H3,(H,14,15). The van der Waals surface area contributed by atoms with E-state index >= 15 is 0 Å². The molecule has 0 spiro atoms. The van der Waals surface area contributed by atoms with E-state index in [1.165, 1.54) is 12.2 Å². The summed E-state index contributed by atoms with van der Waals surface area (Å²) in [6.07, 6.45) is 3.17. The number of rotatable bonds is 4. The van der Waals surface area contributed by atoms with Crippen LogP contribution in [0.4, 0.5) is 0 Å². The van der Waals surface area contributed by atoms with Crippen molar-refractivity contribution >= 4 is 17.7 Å². The van der Waals surface area contributed by atoms with Gasteiger partial charge in [-0.05, 0) is 25.0 Å². The van der Waals surface area contributed by atoms with Crippen LogP contribution in [0.2, 0.25) is 0 Å². The van der Waals surface area contributed by atoms with E-state index in [2.05, 4.69) is 17.6 Å². The van der Waals surface area contributed by atoms with Gasteiger partial charge in [-0.2, -0.15) is 11.8 Å². The van der Waals surface area contributed by atoms with E-state index in [0.717, 1.165) is 24.6 Å². The van der Waals surface area contributed by atoms with E-state index in [9.17, 15) is 4.79 Å². The first kappa shape index (κ1) is 13.2. The minimum absolute atomic E-state index is 0.0596. The fourth-order valence-electron chi connectivity index (χ4n) is 2.49. The van der Waals surface area contributed by atoms with Gasteiger partial charge in [-0.1, -0.05) is 6.92 Å². The number of hydrogen-bond donors (Lipinski definition) is 2. The van der Waals surface area contributed by atoms with Crippen LogP contribution in [0.3, 0.4) is 0 Å². The summed E-state index contributed by atoms with van der Waals surface area (Å²) < 4.78 is 5.44. The fraction of sp³-hybridized carbons (Fsp3) is 0.917. The fourth-order valence-corrected chi connectivity index (χ4v) is 3.63. The lowest BCUT2D eigenvalue weighted by Gasteiger charge is -2.24. The molecule has 2 fully saturated rings.